The summed E-state index contributed by atoms with van der Waals surface area (Å²) in [5, 5.41) is 3.56. The molecule has 1 N–H and O–H groups in total. The summed E-state index contributed by atoms with van der Waals surface area (Å²) in [4.78, 5) is 0. The average molecular weight is 259 g/mol. The van der Waals surface area contributed by atoms with Gasteiger partial charge in [-0.3, -0.25) is 4.21 Å². The topological polar surface area (TPSA) is 29.1 Å². The lowest BCUT2D eigenvalue weighted by atomic mass is 9.84. The van der Waals surface area contributed by atoms with Crippen LogP contribution >= 0.6 is 0 Å². The van der Waals surface area contributed by atoms with Gasteiger partial charge in [-0.15, -0.1) is 0 Å². The quantitative estimate of drug-likeness (QED) is 0.822. The molecule has 0 aromatic heterocycles. The molecule has 0 aliphatic heterocycles. The first kappa shape index (κ1) is 15.2. The Labute approximate surface area is 109 Å². The van der Waals surface area contributed by atoms with Gasteiger partial charge < -0.3 is 5.32 Å². The third kappa shape index (κ3) is 5.09. The smallest absolute Gasteiger partial charge is 0.0396 e. The Morgan fingerprint density at radius 2 is 1.82 bits per heavy atom. The molecule has 2 nitrogen and oxygen atoms in total. The second kappa shape index (κ2) is 6.89. The third-order valence-corrected chi connectivity index (χ3v) is 5.73. The van der Waals surface area contributed by atoms with E-state index in [-0.39, 0.29) is 4.75 Å². The van der Waals surface area contributed by atoms with Crippen LogP contribution in [0, 0.1) is 5.92 Å². The summed E-state index contributed by atoms with van der Waals surface area (Å²) in [6.07, 6.45) is 6.74. The lowest BCUT2D eigenvalue weighted by molar-refractivity contribution is 0.286. The molecule has 0 aromatic carbocycles. The fourth-order valence-corrected chi connectivity index (χ4v) is 3.79. The van der Waals surface area contributed by atoms with Gasteiger partial charge in [0.1, 0.15) is 0 Å². The van der Waals surface area contributed by atoms with Crippen LogP contribution in [0.3, 0.4) is 0 Å². The molecule has 2 atom stereocenters. The van der Waals surface area contributed by atoms with Gasteiger partial charge in [0.2, 0.25) is 0 Å². The number of hydrogen-bond donors (Lipinski definition) is 1. The van der Waals surface area contributed by atoms with E-state index in [9.17, 15) is 4.21 Å². The number of nitrogens with one attached hydrogen (secondary N) is 1. The second-order valence-corrected chi connectivity index (χ2v) is 8.44. The maximum absolute atomic E-state index is 12.3. The molecule has 0 heterocycles. The molecule has 102 valence electrons. The highest BCUT2D eigenvalue weighted by Gasteiger charge is 2.28. The van der Waals surface area contributed by atoms with Gasteiger partial charge in [0.25, 0.3) is 0 Å². The molecule has 1 rings (SSSR count). The van der Waals surface area contributed by atoms with Gasteiger partial charge in [-0.2, -0.15) is 0 Å². The molecule has 17 heavy (non-hydrogen) atoms. The molecule has 0 radical (unpaired) electrons. The monoisotopic (exact) mass is 259 g/mol. The van der Waals surface area contributed by atoms with Crippen molar-refractivity contribution in [3.63, 3.8) is 0 Å². The Hall–Kier alpha value is 0.110. The molecule has 0 saturated heterocycles. The van der Waals surface area contributed by atoms with Crippen LogP contribution in [-0.4, -0.2) is 27.3 Å². The third-order valence-electron chi connectivity index (χ3n) is 3.70. The van der Waals surface area contributed by atoms with Crippen molar-refractivity contribution in [2.45, 2.75) is 70.6 Å². The molecular weight excluding hydrogens is 230 g/mol. The zero-order valence-corrected chi connectivity index (χ0v) is 12.7. The van der Waals surface area contributed by atoms with Gasteiger partial charge in [-0.05, 0) is 46.1 Å². The summed E-state index contributed by atoms with van der Waals surface area (Å²) < 4.78 is 12.2. The zero-order valence-electron chi connectivity index (χ0n) is 11.9. The van der Waals surface area contributed by atoms with Gasteiger partial charge in [0.05, 0.1) is 0 Å². The molecule has 0 bridgehead atoms. The molecule has 0 spiro atoms. The summed E-state index contributed by atoms with van der Waals surface area (Å²) in [5.41, 5.74) is 0. The highest BCUT2D eigenvalue weighted by atomic mass is 32.2. The van der Waals surface area contributed by atoms with Crippen molar-refractivity contribution in [2.24, 2.45) is 5.92 Å². The van der Waals surface area contributed by atoms with E-state index < -0.39 is 10.8 Å². The minimum atomic E-state index is -0.733. The van der Waals surface area contributed by atoms with Crippen molar-refractivity contribution in [3.8, 4) is 0 Å². The maximum atomic E-state index is 12.3. The van der Waals surface area contributed by atoms with Crippen LogP contribution in [0.1, 0.15) is 59.8 Å². The van der Waals surface area contributed by atoms with Crippen LogP contribution in [0.25, 0.3) is 0 Å². The van der Waals surface area contributed by atoms with Crippen LogP contribution in [-0.2, 0) is 10.8 Å². The Kier molecular flexibility index (Phi) is 6.14. The van der Waals surface area contributed by atoms with Crippen LogP contribution < -0.4 is 5.32 Å². The van der Waals surface area contributed by atoms with Crippen molar-refractivity contribution in [3.05, 3.63) is 0 Å². The Bertz CT molecular complexity index is 241. The van der Waals surface area contributed by atoms with Crippen molar-refractivity contribution in [1.82, 2.24) is 5.32 Å². The SMILES string of the molecule is CCNC(CS(=O)C(C)(C)C)C1CCCCC1. The van der Waals surface area contributed by atoms with Crippen molar-refractivity contribution in [1.29, 1.82) is 0 Å². The second-order valence-electron chi connectivity index (χ2n) is 6.19. The fourth-order valence-electron chi connectivity index (χ4n) is 2.57. The van der Waals surface area contributed by atoms with E-state index in [0.29, 0.717) is 6.04 Å². The minimum absolute atomic E-state index is 0.0810. The van der Waals surface area contributed by atoms with Gasteiger partial charge in [-0.1, -0.05) is 26.2 Å². The average Bonchev–Trinajstić information content (AvgIpc) is 2.28. The van der Waals surface area contributed by atoms with Gasteiger partial charge >= 0.3 is 0 Å². The first-order valence-electron chi connectivity index (χ1n) is 7.07. The minimum Gasteiger partial charge on any atom is -0.313 e. The summed E-state index contributed by atoms with van der Waals surface area (Å²) in [5.74, 6) is 1.57. The molecule has 1 saturated carbocycles. The summed E-state index contributed by atoms with van der Waals surface area (Å²) >= 11 is 0. The predicted octanol–water partition coefficient (Wildman–Crippen LogP) is 3.09. The van der Waals surface area contributed by atoms with Gasteiger partial charge in [-0.25, -0.2) is 0 Å². The first-order chi connectivity index (χ1) is 7.95. The highest BCUT2D eigenvalue weighted by molar-refractivity contribution is 7.86. The summed E-state index contributed by atoms with van der Waals surface area (Å²) in [7, 11) is -0.733. The van der Waals surface area contributed by atoms with Crippen molar-refractivity contribution < 1.29 is 4.21 Å². The fraction of sp³-hybridized carbons (Fsp3) is 1.00. The van der Waals surface area contributed by atoms with Gasteiger partial charge in [0.15, 0.2) is 0 Å². The largest absolute Gasteiger partial charge is 0.313 e. The summed E-state index contributed by atoms with van der Waals surface area (Å²) in [6.45, 7) is 9.37. The van der Waals surface area contributed by atoms with Gasteiger partial charge in [0, 0.05) is 27.3 Å². The van der Waals surface area contributed by atoms with Crippen LogP contribution in [0.4, 0.5) is 0 Å². The molecule has 1 aliphatic carbocycles. The van der Waals surface area contributed by atoms with E-state index in [1.165, 1.54) is 32.1 Å². The Morgan fingerprint density at radius 1 is 1.24 bits per heavy atom. The van der Waals surface area contributed by atoms with Crippen LogP contribution in [0.5, 0.6) is 0 Å². The lowest BCUT2D eigenvalue weighted by Gasteiger charge is -2.32. The van der Waals surface area contributed by atoms with Crippen molar-refractivity contribution >= 4 is 10.8 Å². The molecule has 0 aromatic rings. The lowest BCUT2D eigenvalue weighted by Crippen LogP contribution is -2.43. The van der Waals surface area contributed by atoms with Crippen molar-refractivity contribution in [2.75, 3.05) is 12.3 Å². The Balaban J connectivity index is 2.55. The van der Waals surface area contributed by atoms with E-state index in [4.69, 9.17) is 0 Å². The molecule has 3 heteroatoms. The predicted molar refractivity (Wildman–Crippen MR) is 76.8 cm³/mol. The van der Waals surface area contributed by atoms with E-state index in [2.05, 4.69) is 33.0 Å². The molecule has 0 amide bonds. The van der Waals surface area contributed by atoms with E-state index in [1.54, 1.807) is 0 Å². The van der Waals surface area contributed by atoms with Crippen LogP contribution in [0.15, 0.2) is 0 Å². The molecule has 2 unspecified atom stereocenters. The van der Waals surface area contributed by atoms with E-state index in [0.717, 1.165) is 18.2 Å². The van der Waals surface area contributed by atoms with E-state index >= 15 is 0 Å². The standard InChI is InChI=1S/C14H29NOS/c1-5-15-13(11-17(16)14(2,3)4)12-9-7-6-8-10-12/h12-13,15H,5-11H2,1-4H3. The first-order valence-corrected chi connectivity index (χ1v) is 8.39. The summed E-state index contributed by atoms with van der Waals surface area (Å²) in [6, 6.07) is 0.459. The highest BCUT2D eigenvalue weighted by Crippen LogP contribution is 2.28. The zero-order chi connectivity index (χ0) is 12.9. The Morgan fingerprint density at radius 3 is 2.29 bits per heavy atom. The molecule has 1 fully saturated rings. The molecule has 1 aliphatic rings. The van der Waals surface area contributed by atoms with E-state index in [1.807, 2.05) is 0 Å². The van der Waals surface area contributed by atoms with Crippen LogP contribution in [0.2, 0.25) is 0 Å². The molecular formula is C14H29NOS. The number of rotatable bonds is 5. The number of hydrogen-bond acceptors (Lipinski definition) is 2. The maximum Gasteiger partial charge on any atom is 0.0396 e. The normalized spacial score (nSPS) is 22.4.